The summed E-state index contributed by atoms with van der Waals surface area (Å²) in [5.41, 5.74) is 0. The topological polar surface area (TPSA) is 51.4 Å². The molecule has 17 heavy (non-hydrogen) atoms. The standard InChI is InChI=1S/C7H10O3.C6H10O/c8-4-9-5-1-2-6-7(3-5)10-6;1-2-4-6-5(3-1)7-6/h4-7H,1-3H2;5-6H,1-4H2. The average Bonchev–Trinajstić information content (AvgIpc) is 3.24. The molecule has 4 aliphatic rings. The van der Waals surface area contributed by atoms with Crippen molar-refractivity contribution in [1.29, 1.82) is 0 Å². The summed E-state index contributed by atoms with van der Waals surface area (Å²) in [6.45, 7) is 0.535. The molecule has 2 saturated heterocycles. The maximum Gasteiger partial charge on any atom is 0.293 e. The Labute approximate surface area is 102 Å². The molecule has 4 rings (SSSR count). The third-order valence-corrected chi connectivity index (χ3v) is 4.12. The van der Waals surface area contributed by atoms with Crippen molar-refractivity contribution in [2.45, 2.75) is 75.5 Å². The minimum atomic E-state index is 0.126. The predicted molar refractivity (Wildman–Crippen MR) is 60.6 cm³/mol. The number of hydrogen-bond acceptors (Lipinski definition) is 4. The predicted octanol–water partition coefficient (Wildman–Crippen LogP) is 1.81. The first-order chi connectivity index (χ1) is 8.36. The fourth-order valence-corrected chi connectivity index (χ4v) is 2.95. The first kappa shape index (κ1) is 11.5. The van der Waals surface area contributed by atoms with Gasteiger partial charge in [0.2, 0.25) is 0 Å². The molecule has 96 valence electrons. The second-order valence-corrected chi connectivity index (χ2v) is 5.38. The Morgan fingerprint density at radius 2 is 1.53 bits per heavy atom. The summed E-state index contributed by atoms with van der Waals surface area (Å²) >= 11 is 0. The third kappa shape index (κ3) is 2.99. The van der Waals surface area contributed by atoms with E-state index in [4.69, 9.17) is 14.2 Å². The SMILES string of the molecule is C1CCC2OC2C1.O=COC1CCC2OC2C1. The van der Waals surface area contributed by atoms with Crippen molar-refractivity contribution in [3.8, 4) is 0 Å². The summed E-state index contributed by atoms with van der Waals surface area (Å²) in [4.78, 5) is 9.93. The Morgan fingerprint density at radius 1 is 0.882 bits per heavy atom. The molecular formula is C13H20O4. The molecular weight excluding hydrogens is 220 g/mol. The first-order valence-electron chi connectivity index (χ1n) is 6.77. The lowest BCUT2D eigenvalue weighted by atomic mass is 9.98. The van der Waals surface area contributed by atoms with Crippen LogP contribution in [0.4, 0.5) is 0 Å². The smallest absolute Gasteiger partial charge is 0.293 e. The van der Waals surface area contributed by atoms with Gasteiger partial charge in [-0.3, -0.25) is 4.79 Å². The lowest BCUT2D eigenvalue weighted by Crippen LogP contribution is -2.20. The zero-order chi connectivity index (χ0) is 11.7. The molecule has 2 aliphatic carbocycles. The molecule has 0 aromatic rings. The van der Waals surface area contributed by atoms with Crippen LogP contribution in [0.25, 0.3) is 0 Å². The summed E-state index contributed by atoms with van der Waals surface area (Å²) in [6.07, 6.45) is 10.8. The molecule has 2 saturated carbocycles. The molecule has 2 heterocycles. The molecule has 0 radical (unpaired) electrons. The highest BCUT2D eigenvalue weighted by Gasteiger charge is 2.44. The second-order valence-electron chi connectivity index (χ2n) is 5.38. The van der Waals surface area contributed by atoms with E-state index in [1.54, 1.807) is 0 Å². The maximum absolute atomic E-state index is 9.93. The monoisotopic (exact) mass is 240 g/mol. The van der Waals surface area contributed by atoms with Crippen LogP contribution in [0.3, 0.4) is 0 Å². The van der Waals surface area contributed by atoms with Crippen molar-refractivity contribution < 1.29 is 19.0 Å². The van der Waals surface area contributed by atoms with Gasteiger partial charge in [0.1, 0.15) is 6.10 Å². The van der Waals surface area contributed by atoms with Gasteiger partial charge in [-0.1, -0.05) is 12.8 Å². The summed E-state index contributed by atoms with van der Waals surface area (Å²) in [5, 5.41) is 0. The van der Waals surface area contributed by atoms with E-state index >= 15 is 0 Å². The van der Waals surface area contributed by atoms with E-state index in [0.29, 0.717) is 30.9 Å². The number of fused-ring (bicyclic) bond motifs is 2. The minimum absolute atomic E-state index is 0.126. The van der Waals surface area contributed by atoms with Crippen LogP contribution in [0, 0.1) is 0 Å². The zero-order valence-corrected chi connectivity index (χ0v) is 10.0. The maximum atomic E-state index is 9.93. The van der Waals surface area contributed by atoms with E-state index in [2.05, 4.69) is 0 Å². The molecule has 0 spiro atoms. The van der Waals surface area contributed by atoms with Crippen LogP contribution < -0.4 is 0 Å². The molecule has 5 atom stereocenters. The van der Waals surface area contributed by atoms with Gasteiger partial charge in [-0.25, -0.2) is 0 Å². The zero-order valence-electron chi connectivity index (χ0n) is 10.0. The number of carbonyl (C=O) groups excluding carboxylic acids is 1. The lowest BCUT2D eigenvalue weighted by molar-refractivity contribution is -0.134. The highest BCUT2D eigenvalue weighted by Crippen LogP contribution is 2.37. The molecule has 0 aromatic carbocycles. The molecule has 4 nitrogen and oxygen atoms in total. The summed E-state index contributed by atoms with van der Waals surface area (Å²) in [7, 11) is 0. The molecule has 4 heteroatoms. The van der Waals surface area contributed by atoms with Gasteiger partial charge in [-0.2, -0.15) is 0 Å². The van der Waals surface area contributed by atoms with Gasteiger partial charge in [0.15, 0.2) is 0 Å². The van der Waals surface area contributed by atoms with Gasteiger partial charge in [0, 0.05) is 6.42 Å². The van der Waals surface area contributed by atoms with E-state index in [1.165, 1.54) is 25.7 Å². The molecule has 0 amide bonds. The second kappa shape index (κ2) is 4.94. The van der Waals surface area contributed by atoms with Crippen LogP contribution in [0.1, 0.15) is 44.9 Å². The fraction of sp³-hybridized carbons (Fsp3) is 0.923. The number of hydrogen-bond donors (Lipinski definition) is 0. The largest absolute Gasteiger partial charge is 0.464 e. The minimum Gasteiger partial charge on any atom is -0.464 e. The number of ether oxygens (including phenoxy) is 3. The van der Waals surface area contributed by atoms with Gasteiger partial charge in [-0.15, -0.1) is 0 Å². The summed E-state index contributed by atoms with van der Waals surface area (Å²) < 4.78 is 15.4. The van der Waals surface area contributed by atoms with E-state index in [1.807, 2.05) is 0 Å². The van der Waals surface area contributed by atoms with Crippen LogP contribution >= 0.6 is 0 Å². The lowest BCUT2D eigenvalue weighted by Gasteiger charge is -2.15. The van der Waals surface area contributed by atoms with Gasteiger partial charge in [0.05, 0.1) is 24.4 Å². The van der Waals surface area contributed by atoms with Crippen molar-refractivity contribution in [3.63, 3.8) is 0 Å². The van der Waals surface area contributed by atoms with Crippen LogP contribution in [0.2, 0.25) is 0 Å². The molecule has 0 aromatic heterocycles. The van der Waals surface area contributed by atoms with Crippen LogP contribution in [-0.4, -0.2) is 37.0 Å². The van der Waals surface area contributed by atoms with E-state index < -0.39 is 0 Å². The fourth-order valence-electron chi connectivity index (χ4n) is 2.95. The van der Waals surface area contributed by atoms with E-state index in [-0.39, 0.29) is 6.10 Å². The Bertz CT molecular complexity index is 271. The molecule has 4 fully saturated rings. The van der Waals surface area contributed by atoms with Crippen LogP contribution in [0.5, 0.6) is 0 Å². The first-order valence-corrected chi connectivity index (χ1v) is 6.77. The molecule has 5 unspecified atom stereocenters. The normalized spacial score (nSPS) is 45.5. The highest BCUT2D eigenvalue weighted by molar-refractivity contribution is 5.37. The van der Waals surface area contributed by atoms with Gasteiger partial charge < -0.3 is 14.2 Å². The summed E-state index contributed by atoms with van der Waals surface area (Å²) in [5.74, 6) is 0. The number of carbonyl (C=O) groups is 1. The van der Waals surface area contributed by atoms with Crippen LogP contribution in [-0.2, 0) is 19.0 Å². The molecule has 2 aliphatic heterocycles. The van der Waals surface area contributed by atoms with Crippen molar-refractivity contribution in [2.75, 3.05) is 0 Å². The summed E-state index contributed by atoms with van der Waals surface area (Å²) in [6, 6.07) is 0. The number of rotatable bonds is 2. The number of epoxide rings is 2. The highest BCUT2D eigenvalue weighted by atomic mass is 16.6. The Kier molecular flexibility index (Phi) is 3.34. The van der Waals surface area contributed by atoms with Gasteiger partial charge in [-0.05, 0) is 25.7 Å². The average molecular weight is 240 g/mol. The van der Waals surface area contributed by atoms with E-state index in [0.717, 1.165) is 19.3 Å². The van der Waals surface area contributed by atoms with Crippen molar-refractivity contribution in [2.24, 2.45) is 0 Å². The van der Waals surface area contributed by atoms with Crippen molar-refractivity contribution in [3.05, 3.63) is 0 Å². The van der Waals surface area contributed by atoms with Crippen molar-refractivity contribution >= 4 is 6.47 Å². The quantitative estimate of drug-likeness (QED) is 0.545. The van der Waals surface area contributed by atoms with Gasteiger partial charge in [0.25, 0.3) is 6.47 Å². The Morgan fingerprint density at radius 3 is 2.12 bits per heavy atom. The molecule has 0 N–H and O–H groups in total. The third-order valence-electron chi connectivity index (χ3n) is 4.12. The Hall–Kier alpha value is -0.610. The molecule has 0 bridgehead atoms. The van der Waals surface area contributed by atoms with Crippen molar-refractivity contribution in [1.82, 2.24) is 0 Å². The van der Waals surface area contributed by atoms with Gasteiger partial charge >= 0.3 is 0 Å². The van der Waals surface area contributed by atoms with Crippen LogP contribution in [0.15, 0.2) is 0 Å². The Balaban J connectivity index is 0.000000113. The van der Waals surface area contributed by atoms with E-state index in [9.17, 15) is 4.79 Å².